The van der Waals surface area contributed by atoms with Crippen molar-refractivity contribution >= 4 is 44.9 Å². The lowest BCUT2D eigenvalue weighted by molar-refractivity contribution is -0.151. The predicted octanol–water partition coefficient (Wildman–Crippen LogP) is 3.68. The number of carbonyl (C=O) groups is 3. The zero-order valence-electron chi connectivity index (χ0n) is 15.1. The van der Waals surface area contributed by atoms with Crippen LogP contribution in [-0.2, 0) is 20.9 Å². The molecule has 0 N–H and O–H groups in total. The normalized spacial score (nSPS) is 10.3. The summed E-state index contributed by atoms with van der Waals surface area (Å²) in [6.45, 7) is 0.129. The number of hydrogen-bond donors (Lipinski definition) is 0. The number of methoxy groups -OCH3 is 1. The summed E-state index contributed by atoms with van der Waals surface area (Å²) in [4.78, 5) is 38.7. The number of carbonyl (C=O) groups excluding carboxylic acids is 3. The third-order valence-corrected chi connectivity index (χ3v) is 5.13. The number of hydrogen-bond acceptors (Lipinski definition) is 6. The second kappa shape index (κ2) is 10.2. The second-order valence-electron chi connectivity index (χ2n) is 5.76. The van der Waals surface area contributed by atoms with Gasteiger partial charge in [0.2, 0.25) is 0 Å². The van der Waals surface area contributed by atoms with Gasteiger partial charge in [-0.1, -0.05) is 22.0 Å². The van der Waals surface area contributed by atoms with Gasteiger partial charge in [0.25, 0.3) is 5.91 Å². The van der Waals surface area contributed by atoms with Gasteiger partial charge in [-0.25, -0.2) is 0 Å². The number of rotatable bonds is 9. The minimum atomic E-state index is -0.588. The SMILES string of the molecule is COc1ccc(Br)cc1C(=O)CCC(=O)OCC(=O)N(C)Cc1cccs1. The first-order valence-corrected chi connectivity index (χ1v) is 9.86. The van der Waals surface area contributed by atoms with Crippen molar-refractivity contribution in [3.05, 3.63) is 50.6 Å². The molecule has 0 aliphatic rings. The molecule has 0 aliphatic carbocycles. The Kier molecular flexibility index (Phi) is 7.99. The highest BCUT2D eigenvalue weighted by Gasteiger charge is 2.17. The van der Waals surface area contributed by atoms with Gasteiger partial charge in [0, 0.05) is 22.8 Å². The van der Waals surface area contributed by atoms with E-state index in [1.54, 1.807) is 36.6 Å². The Morgan fingerprint density at radius 1 is 1.19 bits per heavy atom. The first kappa shape index (κ1) is 21.1. The molecule has 0 bridgehead atoms. The van der Waals surface area contributed by atoms with Gasteiger partial charge in [-0.3, -0.25) is 14.4 Å². The van der Waals surface area contributed by atoms with Crippen molar-refractivity contribution < 1.29 is 23.9 Å². The molecular weight excluding hydrogens is 434 g/mol. The van der Waals surface area contributed by atoms with E-state index in [-0.39, 0.29) is 31.1 Å². The second-order valence-corrected chi connectivity index (χ2v) is 7.71. The highest BCUT2D eigenvalue weighted by atomic mass is 79.9. The molecule has 0 atom stereocenters. The number of esters is 1. The number of amides is 1. The quantitative estimate of drug-likeness (QED) is 0.427. The molecule has 1 aromatic carbocycles. The van der Waals surface area contributed by atoms with Crippen molar-refractivity contribution in [1.29, 1.82) is 0 Å². The third-order valence-electron chi connectivity index (χ3n) is 3.77. The summed E-state index contributed by atoms with van der Waals surface area (Å²) in [5.41, 5.74) is 0.395. The molecule has 27 heavy (non-hydrogen) atoms. The number of ether oxygens (including phenoxy) is 2. The van der Waals surface area contributed by atoms with Gasteiger partial charge in [0.05, 0.1) is 25.6 Å². The molecular formula is C19H20BrNO5S. The number of thiophene rings is 1. The first-order chi connectivity index (χ1) is 12.9. The van der Waals surface area contributed by atoms with Crippen LogP contribution in [0, 0.1) is 0 Å². The molecule has 6 nitrogen and oxygen atoms in total. The smallest absolute Gasteiger partial charge is 0.306 e. The molecule has 0 radical (unpaired) electrons. The van der Waals surface area contributed by atoms with E-state index in [1.165, 1.54) is 12.0 Å². The van der Waals surface area contributed by atoms with Crippen LogP contribution in [0.3, 0.4) is 0 Å². The number of benzene rings is 1. The maximum atomic E-state index is 12.3. The van der Waals surface area contributed by atoms with E-state index in [2.05, 4.69) is 15.9 Å². The summed E-state index contributed by atoms with van der Waals surface area (Å²) in [5, 5.41) is 1.94. The van der Waals surface area contributed by atoms with Gasteiger partial charge in [-0.05, 0) is 29.6 Å². The average molecular weight is 454 g/mol. The monoisotopic (exact) mass is 453 g/mol. The molecule has 0 fully saturated rings. The van der Waals surface area contributed by atoms with Crippen LogP contribution in [0.4, 0.5) is 0 Å². The number of nitrogens with zero attached hydrogens (tertiary/aromatic N) is 1. The molecule has 8 heteroatoms. The summed E-state index contributed by atoms with van der Waals surface area (Å²) < 4.78 is 10.9. The Morgan fingerprint density at radius 3 is 2.63 bits per heavy atom. The Morgan fingerprint density at radius 2 is 1.96 bits per heavy atom. The van der Waals surface area contributed by atoms with Gasteiger partial charge in [0.1, 0.15) is 5.75 Å². The van der Waals surface area contributed by atoms with Crippen LogP contribution in [0.15, 0.2) is 40.2 Å². The molecule has 0 unspecified atom stereocenters. The fourth-order valence-electron chi connectivity index (χ4n) is 2.30. The van der Waals surface area contributed by atoms with Crippen LogP contribution >= 0.6 is 27.3 Å². The highest BCUT2D eigenvalue weighted by Crippen LogP contribution is 2.24. The van der Waals surface area contributed by atoms with Crippen LogP contribution < -0.4 is 4.74 Å². The minimum Gasteiger partial charge on any atom is -0.496 e. The topological polar surface area (TPSA) is 72.9 Å². The summed E-state index contributed by atoms with van der Waals surface area (Å²) in [7, 11) is 3.13. The predicted molar refractivity (Wildman–Crippen MR) is 106 cm³/mol. The molecule has 1 heterocycles. The van der Waals surface area contributed by atoms with Gasteiger partial charge in [-0.15, -0.1) is 11.3 Å². The third kappa shape index (κ3) is 6.48. The van der Waals surface area contributed by atoms with Crippen molar-refractivity contribution in [2.75, 3.05) is 20.8 Å². The average Bonchev–Trinajstić information content (AvgIpc) is 3.16. The number of Topliss-reactive ketones (excluding diaryl/α,β-unsaturated/α-hetero) is 1. The van der Waals surface area contributed by atoms with Crippen molar-refractivity contribution in [2.45, 2.75) is 19.4 Å². The zero-order valence-corrected chi connectivity index (χ0v) is 17.5. The standard InChI is InChI=1S/C19H20BrNO5S/c1-21(11-14-4-3-9-27-14)18(23)12-26-19(24)8-6-16(22)15-10-13(20)5-7-17(15)25-2/h3-5,7,9-10H,6,8,11-12H2,1-2H3. The van der Waals surface area contributed by atoms with Crippen LogP contribution in [-0.4, -0.2) is 43.3 Å². The molecule has 144 valence electrons. The van der Waals surface area contributed by atoms with Gasteiger partial charge < -0.3 is 14.4 Å². The lowest BCUT2D eigenvalue weighted by atomic mass is 10.1. The minimum absolute atomic E-state index is 0.0229. The number of likely N-dealkylation sites (N-methyl/N-ethyl adjacent to an activating group) is 1. The molecule has 2 rings (SSSR count). The molecule has 1 aromatic heterocycles. The lowest BCUT2D eigenvalue weighted by Crippen LogP contribution is -2.30. The van der Waals surface area contributed by atoms with Crippen LogP contribution in [0.5, 0.6) is 5.75 Å². The summed E-state index contributed by atoms with van der Waals surface area (Å²) in [6.07, 6.45) is -0.124. The van der Waals surface area contributed by atoms with Crippen molar-refractivity contribution in [3.8, 4) is 5.75 Å². The first-order valence-electron chi connectivity index (χ1n) is 8.19. The Labute approximate surface area is 170 Å². The van der Waals surface area contributed by atoms with Crippen molar-refractivity contribution in [1.82, 2.24) is 4.90 Å². The Bertz CT molecular complexity index is 806. The Balaban J connectivity index is 1.78. The van der Waals surface area contributed by atoms with Gasteiger partial charge >= 0.3 is 5.97 Å². The van der Waals surface area contributed by atoms with Gasteiger partial charge in [-0.2, -0.15) is 0 Å². The zero-order chi connectivity index (χ0) is 19.8. The Hall–Kier alpha value is -2.19. The summed E-state index contributed by atoms with van der Waals surface area (Å²) in [6, 6.07) is 8.94. The fraction of sp³-hybridized carbons (Fsp3) is 0.316. The van der Waals surface area contributed by atoms with E-state index in [0.717, 1.165) is 9.35 Å². The molecule has 0 saturated carbocycles. The number of halogens is 1. The van der Waals surface area contributed by atoms with E-state index in [4.69, 9.17) is 9.47 Å². The molecule has 0 saturated heterocycles. The van der Waals surface area contributed by atoms with Crippen LogP contribution in [0.2, 0.25) is 0 Å². The van der Waals surface area contributed by atoms with Crippen LogP contribution in [0.25, 0.3) is 0 Å². The summed E-state index contributed by atoms with van der Waals surface area (Å²) >= 11 is 4.86. The van der Waals surface area contributed by atoms with Crippen molar-refractivity contribution in [2.24, 2.45) is 0 Å². The highest BCUT2D eigenvalue weighted by molar-refractivity contribution is 9.10. The lowest BCUT2D eigenvalue weighted by Gasteiger charge is -2.16. The van der Waals surface area contributed by atoms with E-state index in [0.29, 0.717) is 17.9 Å². The summed E-state index contributed by atoms with van der Waals surface area (Å²) in [5.74, 6) is -0.667. The molecule has 0 spiro atoms. The maximum absolute atomic E-state index is 12.3. The molecule has 0 aliphatic heterocycles. The number of ketones is 1. The van der Waals surface area contributed by atoms with Crippen molar-refractivity contribution in [3.63, 3.8) is 0 Å². The maximum Gasteiger partial charge on any atom is 0.306 e. The van der Waals surface area contributed by atoms with Gasteiger partial charge in [0.15, 0.2) is 12.4 Å². The fourth-order valence-corrected chi connectivity index (χ4v) is 3.42. The van der Waals surface area contributed by atoms with Crippen LogP contribution in [0.1, 0.15) is 28.1 Å². The molecule has 1 amide bonds. The van der Waals surface area contributed by atoms with E-state index < -0.39 is 5.97 Å². The van der Waals surface area contributed by atoms with E-state index in [1.807, 2.05) is 17.5 Å². The molecule has 2 aromatic rings. The largest absolute Gasteiger partial charge is 0.496 e. The van der Waals surface area contributed by atoms with E-state index in [9.17, 15) is 14.4 Å². The van der Waals surface area contributed by atoms with E-state index >= 15 is 0 Å².